The molecule has 4 aromatic rings. The quantitative estimate of drug-likeness (QED) is 0.285. The minimum Gasteiger partial charge on any atom is -0.378 e. The molecule has 1 saturated heterocycles. The second kappa shape index (κ2) is 10.8. The van der Waals surface area contributed by atoms with E-state index in [9.17, 15) is 0 Å². The summed E-state index contributed by atoms with van der Waals surface area (Å²) in [5.74, 6) is 1.34. The maximum atomic E-state index is 6.37. The van der Waals surface area contributed by atoms with Crippen LogP contribution in [0.1, 0.15) is 12.8 Å². The molecule has 2 aliphatic rings. The fourth-order valence-electron chi connectivity index (χ4n) is 6.15. The monoisotopic (exact) mass is 494 g/mol. The van der Waals surface area contributed by atoms with Gasteiger partial charge in [-0.05, 0) is 73.6 Å². The maximum absolute atomic E-state index is 6.37. The summed E-state index contributed by atoms with van der Waals surface area (Å²) in [5, 5.41) is 6.01. The number of hydrogen-bond acceptors (Lipinski definition) is 1. The third kappa shape index (κ3) is 4.88. The first-order valence-electron chi connectivity index (χ1n) is 12.8. The highest BCUT2D eigenvalue weighted by Gasteiger charge is 2.50. The second-order valence-electron chi connectivity index (χ2n) is 9.65. The summed E-state index contributed by atoms with van der Waals surface area (Å²) in [4.78, 5) is 0. The molecule has 1 aliphatic heterocycles. The van der Waals surface area contributed by atoms with Crippen LogP contribution in [-0.2, 0) is 4.74 Å². The van der Waals surface area contributed by atoms with Crippen LogP contribution in [0.15, 0.2) is 121 Å². The molecule has 0 unspecified atom stereocenters. The number of hydrogen-bond donors (Lipinski definition) is 0. The average molecular weight is 495 g/mol. The topological polar surface area (TPSA) is 9.23 Å². The Balaban J connectivity index is 1.42. The molecule has 6 rings (SSSR count). The van der Waals surface area contributed by atoms with Gasteiger partial charge in [-0.15, -0.1) is 0 Å². The molecule has 2 fully saturated rings. The summed E-state index contributed by atoms with van der Waals surface area (Å²) in [6.07, 6.45) is 4.07. The van der Waals surface area contributed by atoms with Crippen molar-refractivity contribution in [3.63, 3.8) is 0 Å². The van der Waals surface area contributed by atoms with Crippen LogP contribution >= 0.6 is 15.8 Å². The number of rotatable bonds is 7. The maximum Gasteiger partial charge on any atom is 0.0613 e. The van der Waals surface area contributed by atoms with Crippen molar-refractivity contribution < 1.29 is 4.74 Å². The fraction of sp³-hybridized carbons (Fsp3) is 0.250. The summed E-state index contributed by atoms with van der Waals surface area (Å²) < 4.78 is 6.37. The van der Waals surface area contributed by atoms with E-state index >= 15 is 0 Å². The Morgan fingerprint density at radius 2 is 1.06 bits per heavy atom. The first-order valence-corrected chi connectivity index (χ1v) is 15.7. The van der Waals surface area contributed by atoms with Crippen molar-refractivity contribution in [1.29, 1.82) is 0 Å². The molecule has 0 bridgehead atoms. The van der Waals surface area contributed by atoms with Crippen LogP contribution in [0.25, 0.3) is 0 Å². The smallest absolute Gasteiger partial charge is 0.0613 e. The fourth-order valence-corrected chi connectivity index (χ4v) is 12.2. The van der Waals surface area contributed by atoms with Gasteiger partial charge in [0.05, 0.1) is 6.10 Å². The predicted octanol–water partition coefficient (Wildman–Crippen LogP) is 6.05. The molecule has 176 valence electrons. The summed E-state index contributed by atoms with van der Waals surface area (Å²) in [6, 6.07) is 45.2. The second-order valence-corrected chi connectivity index (χ2v) is 14.3. The zero-order chi connectivity index (χ0) is 23.5. The van der Waals surface area contributed by atoms with E-state index in [1.165, 1.54) is 40.2 Å². The van der Waals surface area contributed by atoms with E-state index in [0.717, 1.165) is 6.61 Å². The molecule has 0 radical (unpaired) electrons. The Labute approximate surface area is 212 Å². The highest BCUT2D eigenvalue weighted by Crippen LogP contribution is 2.57. The van der Waals surface area contributed by atoms with Crippen LogP contribution < -0.4 is 21.2 Å². The van der Waals surface area contributed by atoms with Crippen molar-refractivity contribution in [2.45, 2.75) is 24.6 Å². The van der Waals surface area contributed by atoms with E-state index in [0.29, 0.717) is 23.6 Å². The van der Waals surface area contributed by atoms with Crippen molar-refractivity contribution >= 4 is 37.1 Å². The molecule has 35 heavy (non-hydrogen) atoms. The number of ether oxygens (including phenoxy) is 1. The standard InChI is InChI=1S/C32H32OP2/c1-5-13-25(14-6-1)34(26-15-7-2-8-16-26)24-30-29-21-22-33-31(29)23-32(30)35(27-17-9-3-10-18-27)28-19-11-4-12-20-28/h1-20,29-32H,21-24H2/t29-,30-,31+,32+/m0/s1. The Kier molecular flexibility index (Phi) is 7.11. The van der Waals surface area contributed by atoms with Gasteiger partial charge in [0.15, 0.2) is 0 Å². The van der Waals surface area contributed by atoms with Gasteiger partial charge in [0, 0.05) is 6.61 Å². The average Bonchev–Trinajstić information content (AvgIpc) is 3.52. The molecular weight excluding hydrogens is 462 g/mol. The molecule has 3 heteroatoms. The molecule has 0 aromatic heterocycles. The van der Waals surface area contributed by atoms with Crippen LogP contribution in [-0.4, -0.2) is 24.5 Å². The Bertz CT molecular complexity index is 1120. The number of fused-ring (bicyclic) bond motifs is 1. The van der Waals surface area contributed by atoms with E-state index in [2.05, 4.69) is 121 Å². The molecule has 1 heterocycles. The lowest BCUT2D eigenvalue weighted by Gasteiger charge is -2.34. The van der Waals surface area contributed by atoms with Gasteiger partial charge in [0.2, 0.25) is 0 Å². The van der Waals surface area contributed by atoms with E-state index in [1.807, 2.05) is 0 Å². The normalized spacial score (nSPS) is 23.6. The zero-order valence-electron chi connectivity index (χ0n) is 20.0. The summed E-state index contributed by atoms with van der Waals surface area (Å²) >= 11 is 0. The molecule has 1 saturated carbocycles. The van der Waals surface area contributed by atoms with Crippen molar-refractivity contribution in [2.75, 3.05) is 12.8 Å². The largest absolute Gasteiger partial charge is 0.378 e. The number of benzene rings is 4. The van der Waals surface area contributed by atoms with E-state index in [-0.39, 0.29) is 0 Å². The summed E-state index contributed by atoms with van der Waals surface area (Å²) in [7, 11) is -0.874. The lowest BCUT2D eigenvalue weighted by molar-refractivity contribution is 0.101. The highest BCUT2D eigenvalue weighted by molar-refractivity contribution is 7.74. The molecule has 0 amide bonds. The SMILES string of the molecule is c1ccc(P(C[C@H]2[C@@H]3CCO[C@@H]3C[C@H]2P(c2ccccc2)c2ccccc2)c2ccccc2)cc1. The van der Waals surface area contributed by atoms with Gasteiger partial charge in [0.25, 0.3) is 0 Å². The molecule has 1 aliphatic carbocycles. The van der Waals surface area contributed by atoms with Gasteiger partial charge in [-0.3, -0.25) is 0 Å². The highest BCUT2D eigenvalue weighted by atomic mass is 31.1. The van der Waals surface area contributed by atoms with Crippen LogP contribution in [0.5, 0.6) is 0 Å². The van der Waals surface area contributed by atoms with E-state index < -0.39 is 15.8 Å². The lowest BCUT2D eigenvalue weighted by Crippen LogP contribution is -2.31. The molecule has 4 atom stereocenters. The van der Waals surface area contributed by atoms with Gasteiger partial charge in [-0.1, -0.05) is 121 Å². The van der Waals surface area contributed by atoms with Crippen LogP contribution in [0.3, 0.4) is 0 Å². The molecule has 4 aromatic carbocycles. The molecular formula is C32H32OP2. The predicted molar refractivity (Wildman–Crippen MR) is 153 cm³/mol. The molecule has 0 N–H and O–H groups in total. The van der Waals surface area contributed by atoms with Crippen molar-refractivity contribution in [3.8, 4) is 0 Å². The first kappa shape index (κ1) is 23.1. The van der Waals surface area contributed by atoms with E-state index in [1.54, 1.807) is 0 Å². The minimum atomic E-state index is -0.454. The lowest BCUT2D eigenvalue weighted by atomic mass is 9.95. The first-order chi connectivity index (χ1) is 17.4. The van der Waals surface area contributed by atoms with Crippen molar-refractivity contribution in [3.05, 3.63) is 121 Å². The third-order valence-corrected chi connectivity index (χ3v) is 13.3. The molecule has 1 nitrogen and oxygen atoms in total. The summed E-state index contributed by atoms with van der Waals surface area (Å²) in [5.41, 5.74) is 0.641. The molecule has 0 spiro atoms. The van der Waals surface area contributed by atoms with Gasteiger partial charge < -0.3 is 4.74 Å². The Morgan fingerprint density at radius 1 is 0.600 bits per heavy atom. The van der Waals surface area contributed by atoms with Crippen LogP contribution in [0, 0.1) is 11.8 Å². The van der Waals surface area contributed by atoms with Crippen molar-refractivity contribution in [2.24, 2.45) is 11.8 Å². The van der Waals surface area contributed by atoms with Gasteiger partial charge in [-0.2, -0.15) is 0 Å². The van der Waals surface area contributed by atoms with Crippen LogP contribution in [0.2, 0.25) is 0 Å². The minimum absolute atomic E-state index is 0.420. The Morgan fingerprint density at radius 3 is 1.54 bits per heavy atom. The Hall–Kier alpha value is -2.30. The van der Waals surface area contributed by atoms with Crippen LogP contribution in [0.4, 0.5) is 0 Å². The van der Waals surface area contributed by atoms with Gasteiger partial charge >= 0.3 is 0 Å². The van der Waals surface area contributed by atoms with Gasteiger partial charge in [0.1, 0.15) is 0 Å². The summed E-state index contributed by atoms with van der Waals surface area (Å²) in [6.45, 7) is 0.932. The van der Waals surface area contributed by atoms with Crippen molar-refractivity contribution in [1.82, 2.24) is 0 Å². The van der Waals surface area contributed by atoms with Gasteiger partial charge in [-0.25, -0.2) is 0 Å². The zero-order valence-corrected chi connectivity index (χ0v) is 21.8. The third-order valence-electron chi connectivity index (χ3n) is 7.71. The van der Waals surface area contributed by atoms with E-state index in [4.69, 9.17) is 4.74 Å².